The van der Waals surface area contributed by atoms with Gasteiger partial charge in [-0.2, -0.15) is 0 Å². The SMILES string of the molecule is CCCC/C=C/COc1cnc(-c2ccc(C34CCC(CCCCCCC)(CC3)CC4)cc2)nc1. The fraction of sp³-hybridized carbons (Fsp3) is 0.625. The summed E-state index contributed by atoms with van der Waals surface area (Å²) >= 11 is 0. The Kier molecular flexibility index (Phi) is 9.40. The van der Waals surface area contributed by atoms with Gasteiger partial charge in [0.2, 0.25) is 0 Å². The van der Waals surface area contributed by atoms with Gasteiger partial charge in [-0.3, -0.25) is 0 Å². The Bertz CT molecular complexity index is 891. The second kappa shape index (κ2) is 12.7. The molecular formula is C32H46N2O. The molecule has 1 heterocycles. The Hall–Kier alpha value is -2.16. The van der Waals surface area contributed by atoms with E-state index in [1.807, 2.05) is 0 Å². The Morgan fingerprint density at radius 3 is 2.09 bits per heavy atom. The summed E-state index contributed by atoms with van der Waals surface area (Å²) in [6.45, 7) is 5.09. The van der Waals surface area contributed by atoms with Crippen molar-refractivity contribution in [2.75, 3.05) is 6.61 Å². The molecule has 2 aromatic rings. The standard InChI is InChI=1S/C32H46N2O/c1-3-5-7-9-11-17-31-18-21-32(22-19-31,23-20-31)28-15-13-27(14-16-28)30-33-25-29(26-34-30)35-24-12-10-8-6-4-2/h10,12-16,25-26H,3-9,11,17-24H2,1-2H3/b12-10+. The molecule has 35 heavy (non-hydrogen) atoms. The predicted octanol–water partition coefficient (Wildman–Crippen LogP) is 9.22. The Balaban J connectivity index is 1.28. The minimum atomic E-state index is 0.408. The summed E-state index contributed by atoms with van der Waals surface area (Å²) in [5.41, 5.74) is 3.69. The second-order valence-corrected chi connectivity index (χ2v) is 11.2. The van der Waals surface area contributed by atoms with E-state index >= 15 is 0 Å². The fourth-order valence-corrected chi connectivity index (χ4v) is 6.34. The highest BCUT2D eigenvalue weighted by molar-refractivity contribution is 5.56. The molecule has 0 saturated heterocycles. The molecule has 0 unspecified atom stereocenters. The number of unbranched alkanes of at least 4 members (excludes halogenated alkanes) is 6. The van der Waals surface area contributed by atoms with Crippen LogP contribution in [0.5, 0.6) is 5.75 Å². The number of hydrogen-bond donors (Lipinski definition) is 0. The molecule has 3 nitrogen and oxygen atoms in total. The number of aromatic nitrogens is 2. The molecule has 5 rings (SSSR count). The van der Waals surface area contributed by atoms with Crippen LogP contribution in [-0.4, -0.2) is 16.6 Å². The maximum atomic E-state index is 5.75. The minimum Gasteiger partial charge on any atom is -0.486 e. The molecular weight excluding hydrogens is 428 g/mol. The lowest BCUT2D eigenvalue weighted by Crippen LogP contribution is -2.44. The molecule has 0 aliphatic heterocycles. The van der Waals surface area contributed by atoms with Crippen molar-refractivity contribution in [1.29, 1.82) is 0 Å². The van der Waals surface area contributed by atoms with Crippen molar-refractivity contribution < 1.29 is 4.74 Å². The highest BCUT2D eigenvalue weighted by Gasteiger charge is 2.48. The van der Waals surface area contributed by atoms with Gasteiger partial charge in [-0.05, 0) is 67.8 Å². The Morgan fingerprint density at radius 2 is 1.43 bits per heavy atom. The molecule has 3 saturated carbocycles. The average Bonchev–Trinajstić information content (AvgIpc) is 2.92. The smallest absolute Gasteiger partial charge is 0.159 e. The van der Waals surface area contributed by atoms with Gasteiger partial charge in [-0.15, -0.1) is 0 Å². The van der Waals surface area contributed by atoms with E-state index in [9.17, 15) is 0 Å². The normalized spacial score (nSPS) is 23.7. The number of rotatable bonds is 14. The van der Waals surface area contributed by atoms with Crippen molar-refractivity contribution in [3.8, 4) is 17.1 Å². The lowest BCUT2D eigenvalue weighted by atomic mass is 9.51. The van der Waals surface area contributed by atoms with Crippen molar-refractivity contribution >= 4 is 0 Å². The zero-order chi connectivity index (χ0) is 24.4. The molecule has 3 aliphatic rings. The maximum absolute atomic E-state index is 5.75. The Morgan fingerprint density at radius 1 is 0.771 bits per heavy atom. The van der Waals surface area contributed by atoms with Crippen LogP contribution in [-0.2, 0) is 5.41 Å². The largest absolute Gasteiger partial charge is 0.486 e. The molecule has 0 N–H and O–H groups in total. The van der Waals surface area contributed by atoms with Crippen LogP contribution in [0.3, 0.4) is 0 Å². The fourth-order valence-electron chi connectivity index (χ4n) is 6.34. The maximum Gasteiger partial charge on any atom is 0.159 e. The molecule has 0 radical (unpaired) electrons. The van der Waals surface area contributed by atoms with Crippen molar-refractivity contribution in [3.05, 3.63) is 54.4 Å². The summed E-state index contributed by atoms with van der Waals surface area (Å²) in [4.78, 5) is 9.12. The van der Waals surface area contributed by atoms with Gasteiger partial charge >= 0.3 is 0 Å². The van der Waals surface area contributed by atoms with Crippen LogP contribution >= 0.6 is 0 Å². The third-order valence-electron chi connectivity index (χ3n) is 8.83. The highest BCUT2D eigenvalue weighted by atomic mass is 16.5. The van der Waals surface area contributed by atoms with Crippen LogP contribution in [0.25, 0.3) is 11.4 Å². The van der Waals surface area contributed by atoms with Crippen LogP contribution in [0.1, 0.15) is 116 Å². The molecule has 190 valence electrons. The van der Waals surface area contributed by atoms with Crippen molar-refractivity contribution in [2.45, 2.75) is 116 Å². The first kappa shape index (κ1) is 25.9. The molecule has 3 heteroatoms. The first-order valence-corrected chi connectivity index (χ1v) is 14.4. The molecule has 1 aromatic carbocycles. The first-order chi connectivity index (χ1) is 17.2. The number of allylic oxidation sites excluding steroid dienone is 1. The number of ether oxygens (including phenoxy) is 1. The summed E-state index contributed by atoms with van der Waals surface area (Å²) in [7, 11) is 0. The predicted molar refractivity (Wildman–Crippen MR) is 147 cm³/mol. The number of benzene rings is 1. The summed E-state index contributed by atoms with van der Waals surface area (Å²) in [6, 6.07) is 9.15. The second-order valence-electron chi connectivity index (χ2n) is 11.2. The molecule has 2 bridgehead atoms. The number of nitrogens with zero attached hydrogens (tertiary/aromatic N) is 2. The van der Waals surface area contributed by atoms with Gasteiger partial charge in [-0.25, -0.2) is 9.97 Å². The van der Waals surface area contributed by atoms with E-state index in [0.717, 1.165) is 23.6 Å². The molecule has 3 fully saturated rings. The van der Waals surface area contributed by atoms with Gasteiger partial charge in [0.25, 0.3) is 0 Å². The molecule has 0 atom stereocenters. The van der Waals surface area contributed by atoms with Crippen LogP contribution in [0.4, 0.5) is 0 Å². The lowest BCUT2D eigenvalue weighted by molar-refractivity contribution is 0.0304. The van der Waals surface area contributed by atoms with Crippen LogP contribution in [0.2, 0.25) is 0 Å². The highest BCUT2D eigenvalue weighted by Crippen LogP contribution is 2.59. The average molecular weight is 475 g/mol. The number of fused-ring (bicyclic) bond motifs is 3. The van der Waals surface area contributed by atoms with E-state index < -0.39 is 0 Å². The van der Waals surface area contributed by atoms with Crippen LogP contribution in [0.15, 0.2) is 48.8 Å². The molecule has 1 aromatic heterocycles. The summed E-state index contributed by atoms with van der Waals surface area (Å²) in [5.74, 6) is 1.50. The zero-order valence-corrected chi connectivity index (χ0v) is 22.2. The van der Waals surface area contributed by atoms with Crippen LogP contribution < -0.4 is 4.74 Å². The topological polar surface area (TPSA) is 35.0 Å². The van der Waals surface area contributed by atoms with Gasteiger partial charge in [0.1, 0.15) is 6.61 Å². The van der Waals surface area contributed by atoms with E-state index in [2.05, 4.69) is 60.2 Å². The lowest BCUT2D eigenvalue weighted by Gasteiger charge is -2.54. The van der Waals surface area contributed by atoms with E-state index in [1.165, 1.54) is 95.5 Å². The third-order valence-corrected chi connectivity index (χ3v) is 8.83. The van der Waals surface area contributed by atoms with Gasteiger partial charge < -0.3 is 4.74 Å². The van der Waals surface area contributed by atoms with Gasteiger partial charge in [-0.1, -0.05) is 95.2 Å². The molecule has 3 aliphatic carbocycles. The van der Waals surface area contributed by atoms with E-state index in [0.29, 0.717) is 17.4 Å². The Labute approximate surface area is 213 Å². The van der Waals surface area contributed by atoms with Crippen molar-refractivity contribution in [3.63, 3.8) is 0 Å². The van der Waals surface area contributed by atoms with E-state index in [4.69, 9.17) is 4.74 Å². The minimum absolute atomic E-state index is 0.408. The van der Waals surface area contributed by atoms with Gasteiger partial charge in [0, 0.05) is 5.56 Å². The van der Waals surface area contributed by atoms with Crippen LogP contribution in [0, 0.1) is 5.41 Å². The monoisotopic (exact) mass is 474 g/mol. The first-order valence-electron chi connectivity index (χ1n) is 14.4. The third kappa shape index (κ3) is 6.74. The summed E-state index contributed by atoms with van der Waals surface area (Å²) in [6.07, 6.45) is 28.4. The van der Waals surface area contributed by atoms with Gasteiger partial charge in [0.15, 0.2) is 11.6 Å². The van der Waals surface area contributed by atoms with E-state index in [-0.39, 0.29) is 0 Å². The number of hydrogen-bond acceptors (Lipinski definition) is 3. The quantitative estimate of drug-likeness (QED) is 0.202. The zero-order valence-electron chi connectivity index (χ0n) is 22.2. The molecule has 0 amide bonds. The van der Waals surface area contributed by atoms with Crippen molar-refractivity contribution in [1.82, 2.24) is 9.97 Å². The summed E-state index contributed by atoms with van der Waals surface area (Å²) < 4.78 is 5.75. The van der Waals surface area contributed by atoms with E-state index in [1.54, 1.807) is 12.4 Å². The molecule has 0 spiro atoms. The summed E-state index contributed by atoms with van der Waals surface area (Å²) in [5, 5.41) is 0. The van der Waals surface area contributed by atoms with Gasteiger partial charge in [0.05, 0.1) is 12.4 Å². The van der Waals surface area contributed by atoms with Crippen molar-refractivity contribution in [2.24, 2.45) is 5.41 Å².